The summed E-state index contributed by atoms with van der Waals surface area (Å²) in [5.74, 6) is 1.04. The zero-order valence-electron chi connectivity index (χ0n) is 16.1. The molecule has 1 aromatic carbocycles. The Morgan fingerprint density at radius 1 is 1.27 bits per heavy atom. The minimum Gasteiger partial charge on any atom is -0.341 e. The summed E-state index contributed by atoms with van der Waals surface area (Å²) in [6, 6.07) is 9.92. The maximum Gasteiger partial charge on any atom is 0.345 e. The van der Waals surface area contributed by atoms with Gasteiger partial charge >= 0.3 is 5.69 Å². The number of carbonyl (C=O) groups excluding carboxylic acids is 1. The van der Waals surface area contributed by atoms with E-state index in [0.717, 1.165) is 30.8 Å². The monoisotopic (exact) mass is 356 g/mol. The van der Waals surface area contributed by atoms with Gasteiger partial charge in [0.1, 0.15) is 5.82 Å². The van der Waals surface area contributed by atoms with Crippen LogP contribution in [0.2, 0.25) is 0 Å². The van der Waals surface area contributed by atoms with Crippen molar-refractivity contribution in [2.45, 2.75) is 51.5 Å². The van der Waals surface area contributed by atoms with E-state index in [1.807, 2.05) is 56.0 Å². The first kappa shape index (κ1) is 18.4. The summed E-state index contributed by atoms with van der Waals surface area (Å²) >= 11 is 0. The molecule has 3 rings (SSSR count). The minimum atomic E-state index is -0.572. The van der Waals surface area contributed by atoms with Crippen molar-refractivity contribution in [3.8, 4) is 0 Å². The van der Waals surface area contributed by atoms with Gasteiger partial charge in [-0.15, -0.1) is 0 Å². The third-order valence-corrected chi connectivity index (χ3v) is 5.46. The van der Waals surface area contributed by atoms with Gasteiger partial charge in [0.05, 0.1) is 5.41 Å². The fourth-order valence-corrected chi connectivity index (χ4v) is 3.87. The van der Waals surface area contributed by atoms with Gasteiger partial charge < -0.3 is 4.90 Å². The number of nitrogens with zero attached hydrogens (tertiary/aromatic N) is 4. The van der Waals surface area contributed by atoms with E-state index in [4.69, 9.17) is 0 Å². The first-order valence-electron chi connectivity index (χ1n) is 9.35. The zero-order chi connectivity index (χ0) is 18.9. The Morgan fingerprint density at radius 2 is 1.96 bits per heavy atom. The third-order valence-electron chi connectivity index (χ3n) is 5.46. The van der Waals surface area contributed by atoms with Crippen molar-refractivity contribution in [3.63, 3.8) is 0 Å². The third kappa shape index (κ3) is 3.20. The van der Waals surface area contributed by atoms with Gasteiger partial charge in [0.15, 0.2) is 0 Å². The van der Waals surface area contributed by atoms with Crippen molar-refractivity contribution in [2.24, 2.45) is 7.05 Å². The highest BCUT2D eigenvalue weighted by Crippen LogP contribution is 2.31. The van der Waals surface area contributed by atoms with E-state index in [1.54, 1.807) is 11.6 Å². The molecule has 0 radical (unpaired) electrons. The van der Waals surface area contributed by atoms with E-state index in [-0.39, 0.29) is 17.5 Å². The molecule has 1 atom stereocenters. The molecular weight excluding hydrogens is 328 g/mol. The molecule has 0 bridgehead atoms. The zero-order valence-corrected chi connectivity index (χ0v) is 16.1. The van der Waals surface area contributed by atoms with E-state index in [0.29, 0.717) is 13.1 Å². The van der Waals surface area contributed by atoms with E-state index in [9.17, 15) is 9.59 Å². The maximum absolute atomic E-state index is 13.3. The molecule has 0 N–H and O–H groups in total. The molecule has 1 aromatic heterocycles. The number of amides is 1. The van der Waals surface area contributed by atoms with Crippen LogP contribution in [-0.4, -0.2) is 38.2 Å². The molecule has 1 fully saturated rings. The number of carbonyl (C=O) groups is 1. The van der Waals surface area contributed by atoms with Crippen molar-refractivity contribution in [1.82, 2.24) is 19.2 Å². The Balaban J connectivity index is 1.84. The van der Waals surface area contributed by atoms with Crippen molar-refractivity contribution in [1.29, 1.82) is 0 Å². The molecule has 1 aliphatic rings. The van der Waals surface area contributed by atoms with Gasteiger partial charge in [0.2, 0.25) is 5.91 Å². The van der Waals surface area contributed by atoms with Gasteiger partial charge in [-0.1, -0.05) is 30.3 Å². The lowest BCUT2D eigenvalue weighted by Gasteiger charge is -2.37. The minimum absolute atomic E-state index is 0.0874. The molecule has 26 heavy (non-hydrogen) atoms. The summed E-state index contributed by atoms with van der Waals surface area (Å²) in [5.41, 5.74) is 0.364. The van der Waals surface area contributed by atoms with E-state index in [2.05, 4.69) is 5.10 Å². The Labute approximate surface area is 154 Å². The van der Waals surface area contributed by atoms with Crippen LogP contribution >= 0.6 is 0 Å². The predicted molar refractivity (Wildman–Crippen MR) is 101 cm³/mol. The van der Waals surface area contributed by atoms with Crippen LogP contribution < -0.4 is 5.69 Å². The van der Waals surface area contributed by atoms with E-state index < -0.39 is 5.41 Å². The van der Waals surface area contributed by atoms with Crippen LogP contribution in [0.1, 0.15) is 50.9 Å². The van der Waals surface area contributed by atoms with E-state index in [1.165, 1.54) is 4.68 Å². The second-order valence-electron chi connectivity index (χ2n) is 7.59. The van der Waals surface area contributed by atoms with Gasteiger partial charge in [0.25, 0.3) is 0 Å². The number of aryl methyl sites for hydroxylation is 1. The smallest absolute Gasteiger partial charge is 0.341 e. The number of benzene rings is 1. The summed E-state index contributed by atoms with van der Waals surface area (Å²) in [4.78, 5) is 27.4. The van der Waals surface area contributed by atoms with Gasteiger partial charge in [0, 0.05) is 32.6 Å². The van der Waals surface area contributed by atoms with E-state index >= 15 is 0 Å². The number of aromatic nitrogens is 3. The van der Waals surface area contributed by atoms with Crippen molar-refractivity contribution >= 4 is 5.91 Å². The molecule has 0 unspecified atom stereocenters. The second-order valence-corrected chi connectivity index (χ2v) is 7.59. The first-order chi connectivity index (χ1) is 12.4. The Kier molecular flexibility index (Phi) is 5.03. The molecule has 0 aliphatic carbocycles. The Hall–Kier alpha value is -2.37. The number of likely N-dealkylation sites (tertiary alicyclic amines) is 1. The summed E-state index contributed by atoms with van der Waals surface area (Å²) < 4.78 is 3.12. The summed E-state index contributed by atoms with van der Waals surface area (Å²) in [6.45, 7) is 7.90. The largest absolute Gasteiger partial charge is 0.345 e. The molecule has 6 heteroatoms. The van der Waals surface area contributed by atoms with Gasteiger partial charge in [-0.3, -0.25) is 9.36 Å². The quantitative estimate of drug-likeness (QED) is 0.844. The normalized spacial score (nSPS) is 18.2. The SMILES string of the molecule is CCn1c([C@@H]2CCCN(C(=O)C(C)(C)c3ccccc3)C2)nn(C)c1=O. The van der Waals surface area contributed by atoms with Crippen molar-refractivity contribution in [2.75, 3.05) is 13.1 Å². The molecule has 140 valence electrons. The highest BCUT2D eigenvalue weighted by atomic mass is 16.2. The average molecular weight is 356 g/mol. The number of hydrogen-bond acceptors (Lipinski definition) is 3. The van der Waals surface area contributed by atoms with Crippen LogP contribution in [0.3, 0.4) is 0 Å². The molecule has 0 spiro atoms. The predicted octanol–water partition coefficient (Wildman–Crippen LogP) is 2.29. The van der Waals surface area contributed by atoms with Crippen LogP contribution in [0.4, 0.5) is 0 Å². The fourth-order valence-electron chi connectivity index (χ4n) is 3.87. The lowest BCUT2D eigenvalue weighted by molar-refractivity contribution is -0.137. The number of hydrogen-bond donors (Lipinski definition) is 0. The number of rotatable bonds is 4. The fraction of sp³-hybridized carbons (Fsp3) is 0.550. The molecule has 1 aliphatic heterocycles. The van der Waals surface area contributed by atoms with Crippen LogP contribution in [0, 0.1) is 0 Å². The molecule has 1 saturated heterocycles. The summed E-state index contributed by atoms with van der Waals surface area (Å²) in [5, 5.41) is 4.45. The molecule has 1 amide bonds. The first-order valence-corrected chi connectivity index (χ1v) is 9.35. The number of piperidine rings is 1. The Bertz CT molecular complexity index is 835. The topological polar surface area (TPSA) is 60.1 Å². The lowest BCUT2D eigenvalue weighted by Crippen LogP contribution is -2.47. The van der Waals surface area contributed by atoms with Crippen molar-refractivity contribution < 1.29 is 4.79 Å². The highest BCUT2D eigenvalue weighted by Gasteiger charge is 2.37. The van der Waals surface area contributed by atoms with Gasteiger partial charge in [-0.25, -0.2) is 9.48 Å². The van der Waals surface area contributed by atoms with Crippen LogP contribution in [-0.2, 0) is 23.8 Å². The molecule has 6 nitrogen and oxygen atoms in total. The Morgan fingerprint density at radius 3 is 2.62 bits per heavy atom. The van der Waals surface area contributed by atoms with Crippen LogP contribution in [0.5, 0.6) is 0 Å². The summed E-state index contributed by atoms with van der Waals surface area (Å²) in [6.07, 6.45) is 1.88. The van der Waals surface area contributed by atoms with Gasteiger partial charge in [-0.2, -0.15) is 5.10 Å². The summed E-state index contributed by atoms with van der Waals surface area (Å²) in [7, 11) is 1.68. The van der Waals surface area contributed by atoms with Crippen LogP contribution in [0.25, 0.3) is 0 Å². The standard InChI is InChI=1S/C20H28N4O2/c1-5-24-17(21-22(4)19(24)26)15-10-9-13-23(14-15)18(25)20(2,3)16-11-7-6-8-12-16/h6-8,11-12,15H,5,9-10,13-14H2,1-4H3/t15-/m1/s1. The second kappa shape index (κ2) is 7.09. The highest BCUT2D eigenvalue weighted by molar-refractivity contribution is 5.87. The molecule has 2 aromatic rings. The lowest BCUT2D eigenvalue weighted by atomic mass is 9.82. The average Bonchev–Trinajstić information content (AvgIpc) is 2.96. The molecule has 2 heterocycles. The molecular formula is C20H28N4O2. The van der Waals surface area contributed by atoms with Crippen molar-refractivity contribution in [3.05, 3.63) is 52.2 Å². The van der Waals surface area contributed by atoms with Crippen LogP contribution in [0.15, 0.2) is 35.1 Å². The van der Waals surface area contributed by atoms with Gasteiger partial charge in [-0.05, 0) is 39.2 Å². The maximum atomic E-state index is 13.3. The molecule has 0 saturated carbocycles.